The number of carbonyl (C=O) groups excluding carboxylic acids is 6. The van der Waals surface area contributed by atoms with Gasteiger partial charge in [-0.05, 0) is 12.8 Å². The van der Waals surface area contributed by atoms with Gasteiger partial charge in [0.2, 0.25) is 29.2 Å². The van der Waals surface area contributed by atoms with Gasteiger partial charge in [-0.2, -0.15) is 0 Å². The van der Waals surface area contributed by atoms with Gasteiger partial charge in [0, 0.05) is 5.56 Å². The lowest BCUT2D eigenvalue weighted by Crippen LogP contribution is -2.57. The highest BCUT2D eigenvalue weighted by Crippen LogP contribution is 2.06. The minimum absolute atomic E-state index is 0.118. The van der Waals surface area contributed by atoms with Gasteiger partial charge in [0.25, 0.3) is 5.91 Å². The number of benzene rings is 1. The number of rotatable bonds is 13. The van der Waals surface area contributed by atoms with Crippen molar-refractivity contribution in [3.63, 3.8) is 0 Å². The number of carbonyl (C=O) groups is 7. The second-order valence-electron chi connectivity index (χ2n) is 7.70. The standard InChI is InChI=1S/C22H26FN3O8/c1-11(2)17(26-22(34)18(30)13-7-5-4-6-8-13)21(33)24-12(3)20(32)25-14(9-16(28)29)19(31)15(27)10-23/h4-8,11-12,14,17H,9-10H2,1-3H3,(H,24,33)(H,25,32)(H,26,34)(H,28,29)/t12-,14-,17-/m0/s1. The first kappa shape index (κ1) is 28.1. The minimum Gasteiger partial charge on any atom is -0.481 e. The number of aliphatic carboxylic acids is 1. The van der Waals surface area contributed by atoms with E-state index in [1.54, 1.807) is 32.0 Å². The van der Waals surface area contributed by atoms with E-state index in [9.17, 15) is 38.0 Å². The summed E-state index contributed by atoms with van der Waals surface area (Å²) in [5.41, 5.74) is 0.118. The van der Waals surface area contributed by atoms with Crippen LogP contribution in [0.2, 0.25) is 0 Å². The first-order valence-corrected chi connectivity index (χ1v) is 10.2. The Morgan fingerprint density at radius 2 is 1.47 bits per heavy atom. The van der Waals surface area contributed by atoms with Gasteiger partial charge in [0.1, 0.15) is 18.1 Å². The van der Waals surface area contributed by atoms with Crippen LogP contribution in [-0.4, -0.2) is 70.9 Å². The molecule has 0 heterocycles. The third kappa shape index (κ3) is 8.19. The number of nitrogens with one attached hydrogen (secondary N) is 3. The van der Waals surface area contributed by atoms with Gasteiger partial charge in [-0.3, -0.25) is 33.6 Å². The summed E-state index contributed by atoms with van der Waals surface area (Å²) in [6, 6.07) is 3.29. The van der Waals surface area contributed by atoms with Crippen LogP contribution in [0.1, 0.15) is 37.6 Å². The Balaban J connectivity index is 2.86. The van der Waals surface area contributed by atoms with E-state index in [0.29, 0.717) is 0 Å². The summed E-state index contributed by atoms with van der Waals surface area (Å²) in [6.45, 7) is 2.73. The number of alkyl halides is 1. The first-order chi connectivity index (χ1) is 15.9. The van der Waals surface area contributed by atoms with Crippen LogP contribution in [0.15, 0.2) is 30.3 Å². The Bertz CT molecular complexity index is 964. The Kier molecular flexibility index (Phi) is 10.7. The number of hydrogen-bond acceptors (Lipinski definition) is 7. The molecule has 1 aromatic rings. The highest BCUT2D eigenvalue weighted by molar-refractivity contribution is 6.43. The maximum atomic E-state index is 12.7. The fraction of sp³-hybridized carbons (Fsp3) is 0.409. The summed E-state index contributed by atoms with van der Waals surface area (Å²) in [7, 11) is 0. The van der Waals surface area contributed by atoms with Crippen molar-refractivity contribution in [1.82, 2.24) is 16.0 Å². The molecule has 34 heavy (non-hydrogen) atoms. The van der Waals surface area contributed by atoms with Gasteiger partial charge in [-0.25, -0.2) is 4.39 Å². The monoisotopic (exact) mass is 479 g/mol. The van der Waals surface area contributed by atoms with Crippen molar-refractivity contribution < 1.29 is 43.1 Å². The van der Waals surface area contributed by atoms with Gasteiger partial charge in [-0.15, -0.1) is 0 Å². The molecule has 184 valence electrons. The molecule has 1 rings (SSSR count). The summed E-state index contributed by atoms with van der Waals surface area (Å²) < 4.78 is 12.5. The van der Waals surface area contributed by atoms with Gasteiger partial charge in [-0.1, -0.05) is 44.2 Å². The smallest absolute Gasteiger partial charge is 0.305 e. The number of ketones is 3. The number of carboxylic acids is 1. The molecule has 0 radical (unpaired) electrons. The van der Waals surface area contributed by atoms with Crippen LogP contribution in [0.5, 0.6) is 0 Å². The molecule has 3 atom stereocenters. The largest absolute Gasteiger partial charge is 0.481 e. The number of carboxylic acid groups (broad SMARTS) is 1. The van der Waals surface area contributed by atoms with Crippen molar-refractivity contribution >= 4 is 41.0 Å². The van der Waals surface area contributed by atoms with Crippen molar-refractivity contribution in [3.8, 4) is 0 Å². The van der Waals surface area contributed by atoms with E-state index in [1.165, 1.54) is 19.1 Å². The van der Waals surface area contributed by atoms with Crippen LogP contribution < -0.4 is 16.0 Å². The molecule has 0 spiro atoms. The number of hydrogen-bond donors (Lipinski definition) is 4. The van der Waals surface area contributed by atoms with Crippen LogP contribution in [0.25, 0.3) is 0 Å². The lowest BCUT2D eigenvalue weighted by Gasteiger charge is -2.24. The highest BCUT2D eigenvalue weighted by Gasteiger charge is 2.32. The van der Waals surface area contributed by atoms with E-state index in [2.05, 4.69) is 10.6 Å². The molecule has 0 aliphatic carbocycles. The van der Waals surface area contributed by atoms with E-state index in [0.717, 1.165) is 0 Å². The maximum Gasteiger partial charge on any atom is 0.305 e. The number of Topliss-reactive ketones (excluding diaryl/α,β-unsaturated/α-hetero) is 3. The Labute approximate surface area is 194 Å². The topological polar surface area (TPSA) is 176 Å². The second kappa shape index (κ2) is 12.9. The van der Waals surface area contributed by atoms with Gasteiger partial charge >= 0.3 is 5.97 Å². The third-order valence-corrected chi connectivity index (χ3v) is 4.64. The predicted octanol–water partition coefficient (Wildman–Crippen LogP) is -0.418. The van der Waals surface area contributed by atoms with Crippen LogP contribution in [-0.2, 0) is 28.8 Å². The first-order valence-electron chi connectivity index (χ1n) is 10.2. The second-order valence-corrected chi connectivity index (χ2v) is 7.70. The summed E-state index contributed by atoms with van der Waals surface area (Å²) in [4.78, 5) is 83.7. The maximum absolute atomic E-state index is 12.7. The van der Waals surface area contributed by atoms with E-state index >= 15 is 0 Å². The molecule has 0 saturated heterocycles. The Morgan fingerprint density at radius 3 is 1.97 bits per heavy atom. The molecule has 11 nitrogen and oxygen atoms in total. The van der Waals surface area contributed by atoms with E-state index in [4.69, 9.17) is 5.11 Å². The molecular formula is C22H26FN3O8. The van der Waals surface area contributed by atoms with Gasteiger partial charge in [0.05, 0.1) is 6.42 Å². The molecule has 3 amide bonds. The van der Waals surface area contributed by atoms with Gasteiger partial charge < -0.3 is 21.1 Å². The molecular weight excluding hydrogens is 453 g/mol. The summed E-state index contributed by atoms with van der Waals surface area (Å²) in [5, 5.41) is 15.5. The van der Waals surface area contributed by atoms with E-state index in [1.807, 2.05) is 5.32 Å². The quantitative estimate of drug-likeness (QED) is 0.218. The van der Waals surface area contributed by atoms with Crippen LogP contribution in [0.3, 0.4) is 0 Å². The Morgan fingerprint density at radius 1 is 0.882 bits per heavy atom. The van der Waals surface area contributed by atoms with Crippen molar-refractivity contribution in [3.05, 3.63) is 35.9 Å². The normalized spacial score (nSPS) is 13.2. The average Bonchev–Trinajstić information content (AvgIpc) is 2.80. The molecule has 12 heteroatoms. The summed E-state index contributed by atoms with van der Waals surface area (Å²) in [5.74, 6) is -8.69. The van der Waals surface area contributed by atoms with Crippen LogP contribution >= 0.6 is 0 Å². The highest BCUT2D eigenvalue weighted by atomic mass is 19.1. The van der Waals surface area contributed by atoms with Crippen LogP contribution in [0, 0.1) is 5.92 Å². The number of halogens is 1. The van der Waals surface area contributed by atoms with Crippen molar-refractivity contribution in [2.75, 3.05) is 6.67 Å². The van der Waals surface area contributed by atoms with E-state index in [-0.39, 0.29) is 5.56 Å². The molecule has 0 unspecified atom stereocenters. The van der Waals surface area contributed by atoms with Gasteiger partial charge in [0.15, 0.2) is 6.67 Å². The molecule has 0 aliphatic rings. The SMILES string of the molecule is CC(C)[C@H](NC(=O)C(=O)c1ccccc1)C(=O)N[C@@H](C)C(=O)N[C@@H](CC(=O)O)C(=O)C(=O)CF. The van der Waals surface area contributed by atoms with Crippen molar-refractivity contribution in [2.45, 2.75) is 45.3 Å². The predicted molar refractivity (Wildman–Crippen MR) is 115 cm³/mol. The van der Waals surface area contributed by atoms with Crippen molar-refractivity contribution in [1.29, 1.82) is 0 Å². The zero-order chi connectivity index (χ0) is 26.0. The third-order valence-electron chi connectivity index (χ3n) is 4.64. The lowest BCUT2D eigenvalue weighted by atomic mass is 10.0. The summed E-state index contributed by atoms with van der Waals surface area (Å²) >= 11 is 0. The zero-order valence-electron chi connectivity index (χ0n) is 18.8. The molecule has 0 aromatic heterocycles. The molecule has 0 saturated carbocycles. The summed E-state index contributed by atoms with van der Waals surface area (Å²) in [6.07, 6.45) is -0.969. The molecule has 0 fully saturated rings. The van der Waals surface area contributed by atoms with Crippen LogP contribution in [0.4, 0.5) is 4.39 Å². The number of amides is 3. The van der Waals surface area contributed by atoms with Crippen molar-refractivity contribution in [2.24, 2.45) is 5.92 Å². The average molecular weight is 479 g/mol. The fourth-order valence-corrected chi connectivity index (χ4v) is 2.77. The fourth-order valence-electron chi connectivity index (χ4n) is 2.77. The minimum atomic E-state index is -1.82. The molecule has 0 aliphatic heterocycles. The molecule has 0 bridgehead atoms. The molecule has 1 aromatic carbocycles. The lowest BCUT2D eigenvalue weighted by molar-refractivity contribution is -0.143. The van der Waals surface area contributed by atoms with E-state index < -0.39 is 78.2 Å². The Hall–Kier alpha value is -3.96. The zero-order valence-corrected chi connectivity index (χ0v) is 18.8. The molecule has 4 N–H and O–H groups in total.